The van der Waals surface area contributed by atoms with E-state index in [1.807, 2.05) is 0 Å². The zero-order valence-corrected chi connectivity index (χ0v) is 10.6. The van der Waals surface area contributed by atoms with Gasteiger partial charge in [0.2, 0.25) is 0 Å². The van der Waals surface area contributed by atoms with E-state index in [4.69, 9.17) is 0 Å². The van der Waals surface area contributed by atoms with Gasteiger partial charge in [-0.25, -0.2) is 0 Å². The Hall–Kier alpha value is -0.300. The molecule has 0 unspecified atom stereocenters. The molecular formula is C14H17Br. The molecule has 15 heavy (non-hydrogen) atoms. The van der Waals surface area contributed by atoms with E-state index in [1.165, 1.54) is 49.4 Å². The molecule has 0 nitrogen and oxygen atoms in total. The van der Waals surface area contributed by atoms with Crippen molar-refractivity contribution in [2.24, 2.45) is 5.41 Å². The molecule has 1 saturated carbocycles. The van der Waals surface area contributed by atoms with Gasteiger partial charge in [-0.2, -0.15) is 0 Å². The van der Waals surface area contributed by atoms with E-state index in [1.54, 1.807) is 11.1 Å². The molecule has 1 spiro atoms. The van der Waals surface area contributed by atoms with Crippen LogP contribution in [0.5, 0.6) is 0 Å². The highest BCUT2D eigenvalue weighted by Gasteiger charge is 2.37. The van der Waals surface area contributed by atoms with Gasteiger partial charge in [-0.1, -0.05) is 41.3 Å². The van der Waals surface area contributed by atoms with Crippen LogP contribution in [0, 0.1) is 5.41 Å². The van der Waals surface area contributed by atoms with Crippen LogP contribution in [-0.4, -0.2) is 0 Å². The number of rotatable bonds is 0. The lowest BCUT2D eigenvalue weighted by atomic mass is 9.72. The van der Waals surface area contributed by atoms with Crippen LogP contribution >= 0.6 is 15.9 Å². The molecule has 0 amide bonds. The fraction of sp³-hybridized carbons (Fsp3) is 0.571. The van der Waals surface area contributed by atoms with Crippen LogP contribution in [0.15, 0.2) is 22.7 Å². The zero-order chi connectivity index (χ0) is 10.3. The highest BCUT2D eigenvalue weighted by atomic mass is 79.9. The normalized spacial score (nSPS) is 23.0. The molecule has 3 rings (SSSR count). The third-order valence-electron chi connectivity index (χ3n) is 4.21. The minimum Gasteiger partial charge on any atom is -0.0576 e. The average Bonchev–Trinajstić information content (AvgIpc) is 2.56. The van der Waals surface area contributed by atoms with Crippen LogP contribution in [0.3, 0.4) is 0 Å². The van der Waals surface area contributed by atoms with E-state index in [0.29, 0.717) is 5.41 Å². The van der Waals surface area contributed by atoms with Crippen molar-refractivity contribution in [2.75, 3.05) is 0 Å². The van der Waals surface area contributed by atoms with E-state index in [-0.39, 0.29) is 0 Å². The lowest BCUT2D eigenvalue weighted by molar-refractivity contribution is 0.203. The predicted molar refractivity (Wildman–Crippen MR) is 67.1 cm³/mol. The van der Waals surface area contributed by atoms with Crippen LogP contribution in [0.1, 0.15) is 43.2 Å². The van der Waals surface area contributed by atoms with Gasteiger partial charge in [0, 0.05) is 4.47 Å². The first-order chi connectivity index (χ1) is 7.27. The molecule has 2 aliphatic rings. The van der Waals surface area contributed by atoms with Gasteiger partial charge in [0.25, 0.3) is 0 Å². The van der Waals surface area contributed by atoms with Gasteiger partial charge in [-0.3, -0.25) is 0 Å². The van der Waals surface area contributed by atoms with Gasteiger partial charge in [-0.05, 0) is 54.4 Å². The lowest BCUT2D eigenvalue weighted by Crippen LogP contribution is -2.24. The molecule has 1 fully saturated rings. The Kier molecular flexibility index (Phi) is 2.39. The summed E-state index contributed by atoms with van der Waals surface area (Å²) in [6, 6.07) is 6.85. The quantitative estimate of drug-likeness (QED) is 0.648. The summed E-state index contributed by atoms with van der Waals surface area (Å²) in [5, 5.41) is 0. The molecule has 1 aromatic carbocycles. The third-order valence-corrected chi connectivity index (χ3v) is 4.71. The van der Waals surface area contributed by atoms with Crippen molar-refractivity contribution >= 4 is 15.9 Å². The first-order valence-corrected chi connectivity index (χ1v) is 6.84. The van der Waals surface area contributed by atoms with Crippen LogP contribution < -0.4 is 0 Å². The van der Waals surface area contributed by atoms with E-state index in [2.05, 4.69) is 34.1 Å². The Morgan fingerprint density at radius 1 is 0.933 bits per heavy atom. The first-order valence-electron chi connectivity index (χ1n) is 6.05. The highest BCUT2D eigenvalue weighted by Crippen LogP contribution is 2.47. The van der Waals surface area contributed by atoms with Crippen molar-refractivity contribution in [1.82, 2.24) is 0 Å². The molecule has 80 valence electrons. The van der Waals surface area contributed by atoms with Gasteiger partial charge in [0.15, 0.2) is 0 Å². The Balaban J connectivity index is 1.90. The van der Waals surface area contributed by atoms with E-state index in [9.17, 15) is 0 Å². The summed E-state index contributed by atoms with van der Waals surface area (Å²) in [6.45, 7) is 0. The predicted octanol–water partition coefficient (Wildman–Crippen LogP) is 4.50. The fourth-order valence-electron chi connectivity index (χ4n) is 3.46. The number of fused-ring (bicyclic) bond motifs is 1. The second-order valence-corrected chi connectivity index (χ2v) is 6.24. The molecular weight excluding hydrogens is 248 g/mol. The summed E-state index contributed by atoms with van der Waals surface area (Å²) in [5.74, 6) is 0. The first kappa shape index (κ1) is 9.89. The lowest BCUT2D eigenvalue weighted by Gasteiger charge is -2.33. The van der Waals surface area contributed by atoms with Crippen molar-refractivity contribution in [3.8, 4) is 0 Å². The number of benzene rings is 1. The maximum absolute atomic E-state index is 3.58. The second-order valence-electron chi connectivity index (χ2n) is 5.33. The minimum atomic E-state index is 0.654. The van der Waals surface area contributed by atoms with Crippen molar-refractivity contribution in [2.45, 2.75) is 44.9 Å². The van der Waals surface area contributed by atoms with Crippen LogP contribution in [0.4, 0.5) is 0 Å². The molecule has 0 radical (unpaired) electrons. The number of hydrogen-bond acceptors (Lipinski definition) is 0. The van der Waals surface area contributed by atoms with Gasteiger partial charge >= 0.3 is 0 Å². The molecule has 0 bridgehead atoms. The molecule has 0 atom stereocenters. The maximum Gasteiger partial charge on any atom is 0.0178 e. The summed E-state index contributed by atoms with van der Waals surface area (Å²) in [7, 11) is 0. The zero-order valence-electron chi connectivity index (χ0n) is 9.06. The molecule has 0 saturated heterocycles. The van der Waals surface area contributed by atoms with Gasteiger partial charge < -0.3 is 0 Å². The average molecular weight is 265 g/mol. The molecule has 1 aromatic rings. The SMILES string of the molecule is Brc1ccc2c(c1)CC1(CCCCC1)C2. The Bertz CT molecular complexity index is 375. The Morgan fingerprint density at radius 2 is 1.67 bits per heavy atom. The molecule has 0 heterocycles. The standard InChI is InChI=1S/C14H17Br/c15-13-5-4-11-9-14(10-12(11)8-13)6-2-1-3-7-14/h4-5,8H,1-3,6-7,9-10H2. The second kappa shape index (κ2) is 3.62. The van der Waals surface area contributed by atoms with Crippen molar-refractivity contribution in [1.29, 1.82) is 0 Å². The summed E-state index contributed by atoms with van der Waals surface area (Å²) >= 11 is 3.58. The third kappa shape index (κ3) is 1.75. The fourth-order valence-corrected chi connectivity index (χ4v) is 3.87. The highest BCUT2D eigenvalue weighted by molar-refractivity contribution is 9.10. The van der Waals surface area contributed by atoms with Crippen molar-refractivity contribution in [3.63, 3.8) is 0 Å². The largest absolute Gasteiger partial charge is 0.0576 e. The molecule has 0 aromatic heterocycles. The van der Waals surface area contributed by atoms with E-state index in [0.717, 1.165) is 0 Å². The summed E-state index contributed by atoms with van der Waals surface area (Å²) in [5.41, 5.74) is 3.87. The van der Waals surface area contributed by atoms with Crippen molar-refractivity contribution < 1.29 is 0 Å². The number of hydrogen-bond donors (Lipinski definition) is 0. The molecule has 0 N–H and O–H groups in total. The van der Waals surface area contributed by atoms with Gasteiger partial charge in [0.05, 0.1) is 0 Å². The Morgan fingerprint density at radius 3 is 2.47 bits per heavy atom. The van der Waals surface area contributed by atoms with E-state index >= 15 is 0 Å². The molecule has 1 heteroatoms. The summed E-state index contributed by atoms with van der Waals surface area (Å²) in [6.07, 6.45) is 9.96. The maximum atomic E-state index is 3.58. The summed E-state index contributed by atoms with van der Waals surface area (Å²) in [4.78, 5) is 0. The van der Waals surface area contributed by atoms with Crippen molar-refractivity contribution in [3.05, 3.63) is 33.8 Å². The monoisotopic (exact) mass is 264 g/mol. The topological polar surface area (TPSA) is 0 Å². The Labute approximate surface area is 100 Å². The van der Waals surface area contributed by atoms with E-state index < -0.39 is 0 Å². The molecule has 0 aliphatic heterocycles. The number of halogens is 1. The van der Waals surface area contributed by atoms with Crippen LogP contribution in [0.25, 0.3) is 0 Å². The van der Waals surface area contributed by atoms with Gasteiger partial charge in [0.1, 0.15) is 0 Å². The smallest absolute Gasteiger partial charge is 0.0178 e. The van der Waals surface area contributed by atoms with Crippen LogP contribution in [0.2, 0.25) is 0 Å². The summed E-state index contributed by atoms with van der Waals surface area (Å²) < 4.78 is 1.24. The van der Waals surface area contributed by atoms with Crippen LogP contribution in [-0.2, 0) is 12.8 Å². The van der Waals surface area contributed by atoms with Gasteiger partial charge in [-0.15, -0.1) is 0 Å². The molecule has 2 aliphatic carbocycles. The minimum absolute atomic E-state index is 0.654.